The molecule has 1 rings (SSSR count). The van der Waals surface area contributed by atoms with Crippen molar-refractivity contribution in [1.82, 2.24) is 0 Å². The van der Waals surface area contributed by atoms with Gasteiger partial charge in [-0.2, -0.15) is 0 Å². The van der Waals surface area contributed by atoms with Crippen molar-refractivity contribution in [3.63, 3.8) is 0 Å². The second kappa shape index (κ2) is 3.50. The van der Waals surface area contributed by atoms with Crippen LogP contribution in [0.1, 0.15) is 19.4 Å². The molecule has 12 heavy (non-hydrogen) atoms. The van der Waals surface area contributed by atoms with Gasteiger partial charge in [0.2, 0.25) is 0 Å². The standard InChI is InChI=1S/C10H14OS/c1-10(2,11)8-6-4-5-7-9(8)12-3/h4-7,11H,1-3H3. The van der Waals surface area contributed by atoms with E-state index in [0.29, 0.717) is 0 Å². The maximum Gasteiger partial charge on any atom is 0.0851 e. The molecular formula is C10H14OS. The first-order chi connectivity index (χ1) is 5.55. The third-order valence-corrected chi connectivity index (χ3v) is 2.56. The average Bonchev–Trinajstić information content (AvgIpc) is 2.03. The van der Waals surface area contributed by atoms with Crippen molar-refractivity contribution < 1.29 is 5.11 Å². The molecule has 0 aliphatic rings. The van der Waals surface area contributed by atoms with Crippen molar-refractivity contribution in [2.24, 2.45) is 0 Å². The van der Waals surface area contributed by atoms with E-state index in [1.54, 1.807) is 11.8 Å². The van der Waals surface area contributed by atoms with E-state index < -0.39 is 5.60 Å². The fourth-order valence-electron chi connectivity index (χ4n) is 1.15. The average molecular weight is 182 g/mol. The van der Waals surface area contributed by atoms with Crippen molar-refractivity contribution in [2.75, 3.05) is 6.26 Å². The Labute approximate surface area is 77.8 Å². The first-order valence-corrected chi connectivity index (χ1v) is 5.14. The predicted octanol–water partition coefficient (Wildman–Crippen LogP) is 2.64. The van der Waals surface area contributed by atoms with Crippen LogP contribution in [-0.4, -0.2) is 11.4 Å². The number of aliphatic hydroxyl groups is 1. The minimum Gasteiger partial charge on any atom is -0.386 e. The third kappa shape index (κ3) is 2.02. The quantitative estimate of drug-likeness (QED) is 0.709. The Bertz CT molecular complexity index is 263. The molecule has 1 N–H and O–H groups in total. The van der Waals surface area contributed by atoms with Gasteiger partial charge in [0.1, 0.15) is 0 Å². The maximum atomic E-state index is 9.79. The molecule has 1 aromatic rings. The van der Waals surface area contributed by atoms with Crippen LogP contribution in [0.5, 0.6) is 0 Å². The second-order valence-electron chi connectivity index (χ2n) is 3.26. The molecule has 0 aromatic heterocycles. The van der Waals surface area contributed by atoms with Gasteiger partial charge >= 0.3 is 0 Å². The van der Waals surface area contributed by atoms with Crippen LogP contribution < -0.4 is 0 Å². The van der Waals surface area contributed by atoms with Crippen LogP contribution in [0.4, 0.5) is 0 Å². The van der Waals surface area contributed by atoms with Gasteiger partial charge in [-0.15, -0.1) is 11.8 Å². The Kier molecular flexibility index (Phi) is 2.80. The van der Waals surface area contributed by atoms with Crippen LogP contribution >= 0.6 is 11.8 Å². The summed E-state index contributed by atoms with van der Waals surface area (Å²) in [6.45, 7) is 3.62. The first-order valence-electron chi connectivity index (χ1n) is 3.91. The van der Waals surface area contributed by atoms with Gasteiger partial charge in [0.15, 0.2) is 0 Å². The van der Waals surface area contributed by atoms with Crippen LogP contribution in [-0.2, 0) is 5.60 Å². The molecule has 0 aliphatic carbocycles. The maximum absolute atomic E-state index is 9.79. The summed E-state index contributed by atoms with van der Waals surface area (Å²) in [5.41, 5.74) is 0.261. The lowest BCUT2D eigenvalue weighted by molar-refractivity contribution is 0.0758. The number of rotatable bonds is 2. The zero-order valence-electron chi connectivity index (χ0n) is 7.66. The minimum atomic E-state index is -0.737. The van der Waals surface area contributed by atoms with E-state index in [0.717, 1.165) is 10.5 Å². The Balaban J connectivity index is 3.14. The molecule has 0 radical (unpaired) electrons. The molecule has 0 heterocycles. The van der Waals surface area contributed by atoms with E-state index in [1.807, 2.05) is 44.4 Å². The van der Waals surface area contributed by atoms with Crippen molar-refractivity contribution in [1.29, 1.82) is 0 Å². The summed E-state index contributed by atoms with van der Waals surface area (Å²) in [5, 5.41) is 9.79. The fourth-order valence-corrected chi connectivity index (χ4v) is 1.90. The summed E-state index contributed by atoms with van der Waals surface area (Å²) in [5.74, 6) is 0. The van der Waals surface area contributed by atoms with E-state index >= 15 is 0 Å². The zero-order chi connectivity index (χ0) is 9.19. The van der Waals surface area contributed by atoms with E-state index in [1.165, 1.54) is 0 Å². The third-order valence-electron chi connectivity index (χ3n) is 1.77. The van der Waals surface area contributed by atoms with Crippen LogP contribution in [0, 0.1) is 0 Å². The molecule has 0 aliphatic heterocycles. The lowest BCUT2D eigenvalue weighted by atomic mass is 9.99. The number of benzene rings is 1. The van der Waals surface area contributed by atoms with E-state index in [4.69, 9.17) is 0 Å². The lowest BCUT2D eigenvalue weighted by Gasteiger charge is -2.20. The summed E-state index contributed by atoms with van der Waals surface area (Å²) in [7, 11) is 0. The Morgan fingerprint density at radius 1 is 1.25 bits per heavy atom. The van der Waals surface area contributed by atoms with Crippen LogP contribution in [0.25, 0.3) is 0 Å². The van der Waals surface area contributed by atoms with Gasteiger partial charge < -0.3 is 5.11 Å². The van der Waals surface area contributed by atoms with Crippen LogP contribution in [0.3, 0.4) is 0 Å². The van der Waals surface area contributed by atoms with Crippen molar-refractivity contribution in [3.8, 4) is 0 Å². The van der Waals surface area contributed by atoms with Crippen molar-refractivity contribution >= 4 is 11.8 Å². The molecule has 0 saturated carbocycles. The largest absolute Gasteiger partial charge is 0.386 e. The minimum absolute atomic E-state index is 0.737. The normalized spacial score (nSPS) is 11.7. The highest BCUT2D eigenvalue weighted by Gasteiger charge is 2.18. The zero-order valence-corrected chi connectivity index (χ0v) is 8.48. The van der Waals surface area contributed by atoms with E-state index in [-0.39, 0.29) is 0 Å². The molecule has 66 valence electrons. The molecule has 1 aromatic carbocycles. The highest BCUT2D eigenvalue weighted by atomic mass is 32.2. The van der Waals surface area contributed by atoms with Gasteiger partial charge in [0, 0.05) is 4.90 Å². The molecule has 0 bridgehead atoms. The lowest BCUT2D eigenvalue weighted by Crippen LogP contribution is -2.16. The van der Waals surface area contributed by atoms with Crippen molar-refractivity contribution in [3.05, 3.63) is 29.8 Å². The van der Waals surface area contributed by atoms with E-state index in [2.05, 4.69) is 0 Å². The summed E-state index contributed by atoms with van der Waals surface area (Å²) < 4.78 is 0. The number of hydrogen-bond donors (Lipinski definition) is 1. The number of hydrogen-bond acceptors (Lipinski definition) is 2. The molecule has 2 heteroatoms. The summed E-state index contributed by atoms with van der Waals surface area (Å²) in [6, 6.07) is 7.93. The van der Waals surface area contributed by atoms with Gasteiger partial charge in [-0.1, -0.05) is 18.2 Å². The Hall–Kier alpha value is -0.470. The second-order valence-corrected chi connectivity index (χ2v) is 4.11. The SMILES string of the molecule is CSc1ccccc1C(C)(C)O. The molecular weight excluding hydrogens is 168 g/mol. The smallest absolute Gasteiger partial charge is 0.0851 e. The molecule has 0 unspecified atom stereocenters. The Morgan fingerprint density at radius 2 is 1.83 bits per heavy atom. The van der Waals surface area contributed by atoms with E-state index in [9.17, 15) is 5.11 Å². The topological polar surface area (TPSA) is 20.2 Å². The van der Waals surface area contributed by atoms with Crippen LogP contribution in [0.2, 0.25) is 0 Å². The monoisotopic (exact) mass is 182 g/mol. The summed E-state index contributed by atoms with van der Waals surface area (Å²) in [6.07, 6.45) is 2.02. The van der Waals surface area contributed by atoms with Crippen molar-refractivity contribution in [2.45, 2.75) is 24.3 Å². The van der Waals surface area contributed by atoms with Gasteiger partial charge in [0.05, 0.1) is 5.60 Å². The summed E-state index contributed by atoms with van der Waals surface area (Å²) >= 11 is 1.66. The molecule has 0 spiro atoms. The van der Waals surface area contributed by atoms with Gasteiger partial charge in [-0.3, -0.25) is 0 Å². The van der Waals surface area contributed by atoms with Crippen LogP contribution in [0.15, 0.2) is 29.2 Å². The predicted molar refractivity (Wildman–Crippen MR) is 53.5 cm³/mol. The van der Waals surface area contributed by atoms with Gasteiger partial charge in [-0.05, 0) is 31.7 Å². The molecule has 1 nitrogen and oxygen atoms in total. The molecule has 0 atom stereocenters. The summed E-state index contributed by atoms with van der Waals surface area (Å²) in [4.78, 5) is 1.14. The number of thioether (sulfide) groups is 1. The highest BCUT2D eigenvalue weighted by Crippen LogP contribution is 2.29. The molecule has 0 amide bonds. The first kappa shape index (κ1) is 9.62. The molecule has 0 saturated heterocycles. The molecule has 0 fully saturated rings. The highest BCUT2D eigenvalue weighted by molar-refractivity contribution is 7.98. The fraction of sp³-hybridized carbons (Fsp3) is 0.400. The van der Waals surface area contributed by atoms with Gasteiger partial charge in [0.25, 0.3) is 0 Å². The van der Waals surface area contributed by atoms with Gasteiger partial charge in [-0.25, -0.2) is 0 Å². The Morgan fingerprint density at radius 3 is 2.25 bits per heavy atom.